The largest absolute Gasteiger partial charge is 0.382 e. The van der Waals surface area contributed by atoms with Crippen LogP contribution in [0.2, 0.25) is 0 Å². The van der Waals surface area contributed by atoms with Crippen LogP contribution < -0.4 is 10.6 Å². The lowest BCUT2D eigenvalue weighted by Crippen LogP contribution is -2.19. The first kappa shape index (κ1) is 7.34. The summed E-state index contributed by atoms with van der Waals surface area (Å²) in [7, 11) is 0. The quantitative estimate of drug-likeness (QED) is 0.662. The molecule has 12 heavy (non-hydrogen) atoms. The zero-order valence-electron chi connectivity index (χ0n) is 6.90. The van der Waals surface area contributed by atoms with Gasteiger partial charge in [-0.3, -0.25) is 0 Å². The van der Waals surface area contributed by atoms with Gasteiger partial charge < -0.3 is 10.6 Å². The number of rotatable bonds is 1. The SMILES string of the molecule is Nc1cnc(N2CCCC2)cn1. The van der Waals surface area contributed by atoms with Crippen LogP contribution in [0.4, 0.5) is 11.6 Å². The molecular weight excluding hydrogens is 152 g/mol. The first-order valence-electron chi connectivity index (χ1n) is 4.19. The Kier molecular flexibility index (Phi) is 1.81. The Labute approximate surface area is 71.4 Å². The van der Waals surface area contributed by atoms with E-state index in [0.717, 1.165) is 18.9 Å². The summed E-state index contributed by atoms with van der Waals surface area (Å²) in [5.74, 6) is 1.43. The maximum absolute atomic E-state index is 5.43. The fourth-order valence-electron chi connectivity index (χ4n) is 1.44. The summed E-state index contributed by atoms with van der Waals surface area (Å²) in [5.41, 5.74) is 5.43. The van der Waals surface area contributed by atoms with Gasteiger partial charge in [0, 0.05) is 13.1 Å². The first-order valence-corrected chi connectivity index (χ1v) is 4.19. The third-order valence-corrected chi connectivity index (χ3v) is 2.09. The highest BCUT2D eigenvalue weighted by atomic mass is 15.2. The molecule has 0 atom stereocenters. The molecule has 0 aliphatic carbocycles. The topological polar surface area (TPSA) is 55.0 Å². The summed E-state index contributed by atoms with van der Waals surface area (Å²) in [6.45, 7) is 2.19. The molecule has 64 valence electrons. The molecule has 1 aliphatic heterocycles. The second-order valence-electron chi connectivity index (χ2n) is 2.99. The highest BCUT2D eigenvalue weighted by Crippen LogP contribution is 2.16. The lowest BCUT2D eigenvalue weighted by Gasteiger charge is -2.14. The van der Waals surface area contributed by atoms with E-state index in [9.17, 15) is 0 Å². The fourth-order valence-corrected chi connectivity index (χ4v) is 1.44. The number of nitrogens with two attached hydrogens (primary N) is 1. The van der Waals surface area contributed by atoms with Crippen molar-refractivity contribution in [1.82, 2.24) is 9.97 Å². The third kappa shape index (κ3) is 1.32. The smallest absolute Gasteiger partial charge is 0.147 e. The second kappa shape index (κ2) is 2.97. The minimum atomic E-state index is 0.484. The van der Waals surface area contributed by atoms with Crippen LogP contribution >= 0.6 is 0 Å². The van der Waals surface area contributed by atoms with Crippen LogP contribution in [0.15, 0.2) is 12.4 Å². The average Bonchev–Trinajstić information content (AvgIpc) is 2.58. The Hall–Kier alpha value is -1.32. The van der Waals surface area contributed by atoms with Crippen molar-refractivity contribution < 1.29 is 0 Å². The summed E-state index contributed by atoms with van der Waals surface area (Å²) in [4.78, 5) is 10.4. The normalized spacial score (nSPS) is 16.8. The predicted molar refractivity (Wildman–Crippen MR) is 47.9 cm³/mol. The summed E-state index contributed by atoms with van der Waals surface area (Å²) in [6.07, 6.45) is 5.85. The molecule has 0 unspecified atom stereocenters. The number of hydrogen-bond donors (Lipinski definition) is 1. The molecular formula is C8H12N4. The average molecular weight is 164 g/mol. The molecule has 2 rings (SSSR count). The van der Waals surface area contributed by atoms with E-state index >= 15 is 0 Å². The van der Waals surface area contributed by atoms with E-state index in [1.807, 2.05) is 0 Å². The standard InChI is InChI=1S/C8H12N4/c9-7-5-11-8(6-10-7)12-3-1-2-4-12/h5-6H,1-4H2,(H2,9,10). The van der Waals surface area contributed by atoms with E-state index in [0.29, 0.717) is 5.82 Å². The summed E-state index contributed by atoms with van der Waals surface area (Å²) in [5, 5.41) is 0. The van der Waals surface area contributed by atoms with Crippen molar-refractivity contribution in [3.63, 3.8) is 0 Å². The van der Waals surface area contributed by atoms with Crippen LogP contribution in [-0.4, -0.2) is 23.1 Å². The monoisotopic (exact) mass is 164 g/mol. The van der Waals surface area contributed by atoms with Crippen LogP contribution in [0.5, 0.6) is 0 Å². The van der Waals surface area contributed by atoms with Gasteiger partial charge in [0.2, 0.25) is 0 Å². The molecule has 1 aromatic heterocycles. The molecule has 1 fully saturated rings. The van der Waals surface area contributed by atoms with E-state index in [2.05, 4.69) is 14.9 Å². The zero-order valence-corrected chi connectivity index (χ0v) is 6.90. The van der Waals surface area contributed by atoms with Gasteiger partial charge in [-0.05, 0) is 12.8 Å². The fraction of sp³-hybridized carbons (Fsp3) is 0.500. The van der Waals surface area contributed by atoms with Crippen LogP contribution in [0.3, 0.4) is 0 Å². The van der Waals surface area contributed by atoms with E-state index in [1.54, 1.807) is 12.4 Å². The van der Waals surface area contributed by atoms with Crippen LogP contribution in [0.1, 0.15) is 12.8 Å². The lowest BCUT2D eigenvalue weighted by molar-refractivity contribution is 0.928. The second-order valence-corrected chi connectivity index (χ2v) is 2.99. The summed E-state index contributed by atoms with van der Waals surface area (Å²) in [6, 6.07) is 0. The molecule has 4 heteroatoms. The minimum Gasteiger partial charge on any atom is -0.382 e. The zero-order chi connectivity index (χ0) is 8.39. The molecule has 0 radical (unpaired) electrons. The molecule has 4 nitrogen and oxygen atoms in total. The van der Waals surface area contributed by atoms with Crippen LogP contribution in [0.25, 0.3) is 0 Å². The van der Waals surface area contributed by atoms with Crippen LogP contribution in [-0.2, 0) is 0 Å². The Morgan fingerprint density at radius 2 is 1.92 bits per heavy atom. The van der Waals surface area contributed by atoms with Gasteiger partial charge >= 0.3 is 0 Å². The highest BCUT2D eigenvalue weighted by Gasteiger charge is 2.12. The van der Waals surface area contributed by atoms with E-state index in [1.165, 1.54) is 12.8 Å². The Bertz CT molecular complexity index is 250. The highest BCUT2D eigenvalue weighted by molar-refractivity contribution is 5.39. The van der Waals surface area contributed by atoms with Crippen molar-refractivity contribution in [2.75, 3.05) is 23.7 Å². The summed E-state index contributed by atoms with van der Waals surface area (Å²) < 4.78 is 0. The van der Waals surface area contributed by atoms with E-state index in [-0.39, 0.29) is 0 Å². The van der Waals surface area contributed by atoms with Gasteiger partial charge in [0.05, 0.1) is 12.4 Å². The van der Waals surface area contributed by atoms with Crippen LogP contribution in [0, 0.1) is 0 Å². The van der Waals surface area contributed by atoms with Crippen molar-refractivity contribution in [2.45, 2.75) is 12.8 Å². The van der Waals surface area contributed by atoms with Gasteiger partial charge in [-0.2, -0.15) is 0 Å². The molecule has 0 bridgehead atoms. The van der Waals surface area contributed by atoms with Gasteiger partial charge in [0.25, 0.3) is 0 Å². The molecule has 1 saturated heterocycles. The van der Waals surface area contributed by atoms with Gasteiger partial charge in [0.15, 0.2) is 0 Å². The van der Waals surface area contributed by atoms with Crippen molar-refractivity contribution in [3.05, 3.63) is 12.4 Å². The molecule has 1 aromatic rings. The maximum atomic E-state index is 5.43. The molecule has 0 amide bonds. The van der Waals surface area contributed by atoms with Crippen molar-refractivity contribution >= 4 is 11.6 Å². The maximum Gasteiger partial charge on any atom is 0.147 e. The third-order valence-electron chi connectivity index (χ3n) is 2.09. The number of nitrogens with zero attached hydrogens (tertiary/aromatic N) is 3. The van der Waals surface area contributed by atoms with Gasteiger partial charge in [-0.1, -0.05) is 0 Å². The van der Waals surface area contributed by atoms with Crippen molar-refractivity contribution in [1.29, 1.82) is 0 Å². The lowest BCUT2D eigenvalue weighted by atomic mass is 10.4. The Balaban J connectivity index is 2.17. The molecule has 2 N–H and O–H groups in total. The summed E-state index contributed by atoms with van der Waals surface area (Å²) >= 11 is 0. The first-order chi connectivity index (χ1) is 5.86. The van der Waals surface area contributed by atoms with E-state index in [4.69, 9.17) is 5.73 Å². The van der Waals surface area contributed by atoms with Gasteiger partial charge in [-0.15, -0.1) is 0 Å². The minimum absolute atomic E-state index is 0.484. The molecule has 0 aromatic carbocycles. The molecule has 2 heterocycles. The van der Waals surface area contributed by atoms with Gasteiger partial charge in [-0.25, -0.2) is 9.97 Å². The van der Waals surface area contributed by atoms with Gasteiger partial charge in [0.1, 0.15) is 11.6 Å². The number of nitrogen functional groups attached to an aromatic ring is 1. The van der Waals surface area contributed by atoms with E-state index < -0.39 is 0 Å². The Morgan fingerprint density at radius 3 is 2.50 bits per heavy atom. The number of hydrogen-bond acceptors (Lipinski definition) is 4. The number of aromatic nitrogens is 2. The van der Waals surface area contributed by atoms with Crippen molar-refractivity contribution in [2.24, 2.45) is 0 Å². The predicted octanol–water partition coefficient (Wildman–Crippen LogP) is 0.659. The molecule has 0 saturated carbocycles. The number of anilines is 2. The Morgan fingerprint density at radius 1 is 1.17 bits per heavy atom. The molecule has 0 spiro atoms. The molecule has 1 aliphatic rings. The van der Waals surface area contributed by atoms with Crippen molar-refractivity contribution in [3.8, 4) is 0 Å².